The summed E-state index contributed by atoms with van der Waals surface area (Å²) < 4.78 is 0. The predicted molar refractivity (Wildman–Crippen MR) is 95.3 cm³/mol. The zero-order valence-electron chi connectivity index (χ0n) is 12.8. The third-order valence-corrected chi connectivity index (χ3v) is 5.16. The molecule has 0 N–H and O–H groups in total. The molecule has 0 aliphatic carbocycles. The van der Waals surface area contributed by atoms with Crippen LogP contribution in [0.1, 0.15) is 39.9 Å². The maximum absolute atomic E-state index is 12.5. The van der Waals surface area contributed by atoms with Gasteiger partial charge in [0.05, 0.1) is 16.1 Å². The first-order chi connectivity index (χ1) is 11.0. The molecule has 0 saturated heterocycles. The highest BCUT2D eigenvalue weighted by Crippen LogP contribution is 2.44. The Labute approximate surface area is 146 Å². The van der Waals surface area contributed by atoms with Crippen LogP contribution in [-0.2, 0) is 0 Å². The number of carbonyl (C=O) groups is 1. The van der Waals surface area contributed by atoms with Gasteiger partial charge in [0.1, 0.15) is 0 Å². The number of halogens is 2. The second-order valence-electron chi connectivity index (χ2n) is 5.75. The summed E-state index contributed by atoms with van der Waals surface area (Å²) in [4.78, 5) is 14.3. The van der Waals surface area contributed by atoms with Crippen molar-refractivity contribution in [3.63, 3.8) is 0 Å². The fourth-order valence-corrected chi connectivity index (χ4v) is 3.64. The molecule has 0 aromatic heterocycles. The summed E-state index contributed by atoms with van der Waals surface area (Å²) >= 11 is 12.2. The molecular formula is C19H17Cl2NO. The lowest BCUT2D eigenvalue weighted by Gasteiger charge is -2.30. The molecule has 0 radical (unpaired) electrons. The molecule has 2 atom stereocenters. The quantitative estimate of drug-likeness (QED) is 0.671. The SMILES string of the molecule is C=CC[C@H](c1ccc(Cl)c(Cl)c1)[C@@H]1c2ccccc2C(=O)N1C. The smallest absolute Gasteiger partial charge is 0.254 e. The van der Waals surface area contributed by atoms with Crippen molar-refractivity contribution < 1.29 is 4.79 Å². The molecule has 1 aliphatic heterocycles. The standard InChI is InChI=1S/C19H17Cl2NO/c1-3-6-13(12-9-10-16(20)17(21)11-12)18-14-7-4-5-8-15(14)19(23)22(18)2/h3-5,7-11,13,18H,1,6H2,2H3/t13-,18-/m1/s1. The van der Waals surface area contributed by atoms with Gasteiger partial charge in [0.25, 0.3) is 5.91 Å². The summed E-state index contributed by atoms with van der Waals surface area (Å²) in [6, 6.07) is 13.4. The van der Waals surface area contributed by atoms with Crippen LogP contribution < -0.4 is 0 Å². The van der Waals surface area contributed by atoms with Gasteiger partial charge in [-0.2, -0.15) is 0 Å². The van der Waals surface area contributed by atoms with E-state index in [4.69, 9.17) is 23.2 Å². The highest BCUT2D eigenvalue weighted by molar-refractivity contribution is 6.42. The van der Waals surface area contributed by atoms with Gasteiger partial charge in [0.15, 0.2) is 0 Å². The number of likely N-dealkylation sites (N-methyl/N-ethyl adjacent to an activating group) is 1. The van der Waals surface area contributed by atoms with E-state index in [0.717, 1.165) is 23.1 Å². The van der Waals surface area contributed by atoms with Gasteiger partial charge in [-0.3, -0.25) is 4.79 Å². The molecule has 2 aromatic carbocycles. The summed E-state index contributed by atoms with van der Waals surface area (Å²) in [6.07, 6.45) is 2.63. The molecule has 3 rings (SSSR count). The van der Waals surface area contributed by atoms with Crippen LogP contribution >= 0.6 is 23.2 Å². The van der Waals surface area contributed by atoms with Crippen molar-refractivity contribution in [1.82, 2.24) is 4.90 Å². The molecule has 4 heteroatoms. The summed E-state index contributed by atoms with van der Waals surface area (Å²) in [6.45, 7) is 3.87. The minimum atomic E-state index is -0.0334. The van der Waals surface area contributed by atoms with Crippen LogP contribution in [0.25, 0.3) is 0 Å². The summed E-state index contributed by atoms with van der Waals surface area (Å²) in [5.74, 6) is 0.139. The van der Waals surface area contributed by atoms with Crippen LogP contribution in [0, 0.1) is 0 Å². The second kappa shape index (κ2) is 6.38. The van der Waals surface area contributed by atoms with E-state index in [9.17, 15) is 4.79 Å². The van der Waals surface area contributed by atoms with Crippen molar-refractivity contribution in [2.45, 2.75) is 18.4 Å². The predicted octanol–water partition coefficient (Wildman–Crippen LogP) is 5.48. The van der Waals surface area contributed by atoms with Crippen molar-refractivity contribution in [2.75, 3.05) is 7.05 Å². The van der Waals surface area contributed by atoms with Crippen LogP contribution in [0.5, 0.6) is 0 Å². The van der Waals surface area contributed by atoms with E-state index in [2.05, 4.69) is 6.58 Å². The summed E-state index contributed by atoms with van der Waals surface area (Å²) in [5.41, 5.74) is 2.88. The average molecular weight is 346 g/mol. The van der Waals surface area contributed by atoms with Crippen molar-refractivity contribution in [3.05, 3.63) is 81.9 Å². The first-order valence-corrected chi connectivity index (χ1v) is 8.22. The normalized spacial score (nSPS) is 18.0. The van der Waals surface area contributed by atoms with Crippen LogP contribution in [0.2, 0.25) is 10.0 Å². The summed E-state index contributed by atoms with van der Waals surface area (Å²) in [5, 5.41) is 1.06. The van der Waals surface area contributed by atoms with Crippen LogP contribution in [0.15, 0.2) is 55.1 Å². The van der Waals surface area contributed by atoms with E-state index in [1.807, 2.05) is 49.5 Å². The minimum absolute atomic E-state index is 0.0334. The number of carbonyl (C=O) groups excluding carboxylic acids is 1. The first kappa shape index (κ1) is 16.1. The lowest BCUT2D eigenvalue weighted by Crippen LogP contribution is -2.27. The van der Waals surface area contributed by atoms with Gasteiger partial charge in [-0.25, -0.2) is 0 Å². The Kier molecular flexibility index (Phi) is 4.47. The monoisotopic (exact) mass is 345 g/mol. The Morgan fingerprint density at radius 3 is 2.65 bits per heavy atom. The fraction of sp³-hybridized carbons (Fsp3) is 0.211. The molecule has 118 valence electrons. The highest BCUT2D eigenvalue weighted by atomic mass is 35.5. The Morgan fingerprint density at radius 1 is 1.22 bits per heavy atom. The first-order valence-electron chi connectivity index (χ1n) is 7.46. The van der Waals surface area contributed by atoms with Crippen molar-refractivity contribution in [1.29, 1.82) is 0 Å². The lowest BCUT2D eigenvalue weighted by molar-refractivity contribution is 0.0755. The molecule has 0 saturated carbocycles. The molecule has 1 amide bonds. The molecule has 0 fully saturated rings. The number of nitrogens with zero attached hydrogens (tertiary/aromatic N) is 1. The molecule has 2 nitrogen and oxygen atoms in total. The number of allylic oxidation sites excluding steroid dienone is 1. The number of rotatable bonds is 4. The van der Waals surface area contributed by atoms with Crippen LogP contribution in [0.4, 0.5) is 0 Å². The highest BCUT2D eigenvalue weighted by Gasteiger charge is 2.38. The molecule has 0 bridgehead atoms. The largest absolute Gasteiger partial charge is 0.334 e. The van der Waals surface area contributed by atoms with Gasteiger partial charge in [-0.15, -0.1) is 6.58 Å². The third kappa shape index (κ3) is 2.77. The Bertz CT molecular complexity index is 772. The molecule has 0 unspecified atom stereocenters. The zero-order valence-corrected chi connectivity index (χ0v) is 14.3. The second-order valence-corrected chi connectivity index (χ2v) is 6.57. The Balaban J connectivity index is 2.09. The van der Waals surface area contributed by atoms with E-state index < -0.39 is 0 Å². The van der Waals surface area contributed by atoms with Crippen molar-refractivity contribution in [2.24, 2.45) is 0 Å². The molecule has 23 heavy (non-hydrogen) atoms. The minimum Gasteiger partial charge on any atom is -0.334 e. The van der Waals surface area contributed by atoms with E-state index in [-0.39, 0.29) is 17.9 Å². The molecule has 1 aliphatic rings. The van der Waals surface area contributed by atoms with E-state index in [1.54, 1.807) is 11.0 Å². The van der Waals surface area contributed by atoms with E-state index in [1.165, 1.54) is 0 Å². The van der Waals surface area contributed by atoms with Crippen LogP contribution in [0.3, 0.4) is 0 Å². The van der Waals surface area contributed by atoms with Gasteiger partial charge in [0, 0.05) is 18.5 Å². The van der Waals surface area contributed by atoms with E-state index >= 15 is 0 Å². The molecule has 0 spiro atoms. The van der Waals surface area contributed by atoms with Gasteiger partial charge < -0.3 is 4.90 Å². The topological polar surface area (TPSA) is 20.3 Å². The molecular weight excluding hydrogens is 329 g/mol. The van der Waals surface area contributed by atoms with Gasteiger partial charge in [0.2, 0.25) is 0 Å². The molecule has 2 aromatic rings. The van der Waals surface area contributed by atoms with Crippen molar-refractivity contribution in [3.8, 4) is 0 Å². The Hall–Kier alpha value is -1.77. The third-order valence-electron chi connectivity index (χ3n) is 4.42. The van der Waals surface area contributed by atoms with Gasteiger partial charge in [-0.1, -0.05) is 53.5 Å². The number of hydrogen-bond donors (Lipinski definition) is 0. The maximum atomic E-state index is 12.5. The lowest BCUT2D eigenvalue weighted by atomic mass is 9.84. The van der Waals surface area contributed by atoms with Gasteiger partial charge >= 0.3 is 0 Å². The van der Waals surface area contributed by atoms with Crippen molar-refractivity contribution >= 4 is 29.1 Å². The number of benzene rings is 2. The molecule has 1 heterocycles. The van der Waals surface area contributed by atoms with Gasteiger partial charge in [-0.05, 0) is 35.7 Å². The summed E-state index contributed by atoms with van der Waals surface area (Å²) in [7, 11) is 1.85. The average Bonchev–Trinajstić information content (AvgIpc) is 2.80. The number of amides is 1. The zero-order chi connectivity index (χ0) is 16.6. The fourth-order valence-electron chi connectivity index (χ4n) is 3.33. The maximum Gasteiger partial charge on any atom is 0.254 e. The number of fused-ring (bicyclic) bond motifs is 1. The number of hydrogen-bond acceptors (Lipinski definition) is 1. The van der Waals surface area contributed by atoms with Crippen LogP contribution in [-0.4, -0.2) is 17.9 Å². The Morgan fingerprint density at radius 2 is 1.96 bits per heavy atom. The van der Waals surface area contributed by atoms with E-state index in [0.29, 0.717) is 10.0 Å².